The summed E-state index contributed by atoms with van der Waals surface area (Å²) < 4.78 is 5.56. The van der Waals surface area contributed by atoms with E-state index in [0.717, 1.165) is 24.8 Å². The number of amides is 1. The first kappa shape index (κ1) is 12.4. The highest BCUT2D eigenvalue weighted by Crippen LogP contribution is 2.32. The molecule has 0 N–H and O–H groups in total. The molecule has 3 unspecified atom stereocenters. The van der Waals surface area contributed by atoms with Gasteiger partial charge in [0.2, 0.25) is 5.91 Å². The minimum Gasteiger partial charge on any atom is -0.374 e. The van der Waals surface area contributed by atoms with Gasteiger partial charge in [-0.25, -0.2) is 0 Å². The molecule has 0 aromatic heterocycles. The predicted octanol–water partition coefficient (Wildman–Crippen LogP) is 2.04. The average Bonchev–Trinajstić information content (AvgIpc) is 2.74. The number of hydrogen-bond donors (Lipinski definition) is 0. The van der Waals surface area contributed by atoms with Gasteiger partial charge in [-0.3, -0.25) is 4.79 Å². The van der Waals surface area contributed by atoms with Gasteiger partial charge in [0.1, 0.15) is 0 Å². The second-order valence-electron chi connectivity index (χ2n) is 4.95. The van der Waals surface area contributed by atoms with Crippen LogP contribution in [0.25, 0.3) is 0 Å². The fourth-order valence-electron chi connectivity index (χ4n) is 2.76. The van der Waals surface area contributed by atoms with Crippen molar-refractivity contribution in [3.8, 4) is 0 Å². The molecule has 1 aliphatic carbocycles. The van der Waals surface area contributed by atoms with Crippen LogP contribution in [0.4, 0.5) is 0 Å². The summed E-state index contributed by atoms with van der Waals surface area (Å²) in [7, 11) is 0. The Morgan fingerprint density at radius 3 is 2.94 bits per heavy atom. The van der Waals surface area contributed by atoms with E-state index in [0.29, 0.717) is 18.4 Å². The van der Waals surface area contributed by atoms with Gasteiger partial charge in [0, 0.05) is 24.3 Å². The average molecular weight is 290 g/mol. The molecular formula is C12H20BrNO2. The number of rotatable bonds is 2. The first-order chi connectivity index (χ1) is 7.72. The van der Waals surface area contributed by atoms with E-state index in [1.807, 2.05) is 4.90 Å². The van der Waals surface area contributed by atoms with E-state index < -0.39 is 0 Å². The summed E-state index contributed by atoms with van der Waals surface area (Å²) in [6.45, 7) is 4.42. The van der Waals surface area contributed by atoms with Crippen molar-refractivity contribution in [1.29, 1.82) is 0 Å². The Labute approximate surface area is 106 Å². The quantitative estimate of drug-likeness (QED) is 0.728. The van der Waals surface area contributed by atoms with Gasteiger partial charge in [-0.05, 0) is 18.8 Å². The molecule has 1 heterocycles. The van der Waals surface area contributed by atoms with E-state index in [4.69, 9.17) is 4.74 Å². The highest BCUT2D eigenvalue weighted by molar-refractivity contribution is 9.09. The molecule has 0 aromatic rings. The van der Waals surface area contributed by atoms with Gasteiger partial charge in [0.15, 0.2) is 0 Å². The lowest BCUT2D eigenvalue weighted by Crippen LogP contribution is -2.48. The van der Waals surface area contributed by atoms with Crippen LogP contribution in [0.3, 0.4) is 0 Å². The number of hydrogen-bond acceptors (Lipinski definition) is 2. The molecular weight excluding hydrogens is 270 g/mol. The van der Waals surface area contributed by atoms with Crippen LogP contribution in [-0.4, -0.2) is 41.9 Å². The van der Waals surface area contributed by atoms with E-state index in [1.165, 1.54) is 12.8 Å². The lowest BCUT2D eigenvalue weighted by molar-refractivity contribution is -0.143. The van der Waals surface area contributed by atoms with Crippen molar-refractivity contribution in [3.05, 3.63) is 0 Å². The summed E-state index contributed by atoms with van der Waals surface area (Å²) in [5.41, 5.74) is 0. The van der Waals surface area contributed by atoms with E-state index >= 15 is 0 Å². The van der Waals surface area contributed by atoms with Crippen LogP contribution in [0.15, 0.2) is 0 Å². The van der Waals surface area contributed by atoms with Crippen LogP contribution in [0.5, 0.6) is 0 Å². The second-order valence-corrected chi connectivity index (χ2v) is 5.59. The van der Waals surface area contributed by atoms with Crippen LogP contribution in [-0.2, 0) is 9.53 Å². The maximum Gasteiger partial charge on any atom is 0.226 e. The third kappa shape index (κ3) is 2.59. The highest BCUT2D eigenvalue weighted by atomic mass is 79.9. The molecule has 0 aromatic carbocycles. The SMILES string of the molecule is CC1CCCC1C(=O)N1CCOC(CBr)C1. The van der Waals surface area contributed by atoms with Crippen molar-refractivity contribution in [1.82, 2.24) is 4.90 Å². The molecule has 2 rings (SSSR count). The zero-order chi connectivity index (χ0) is 11.5. The van der Waals surface area contributed by atoms with Crippen LogP contribution < -0.4 is 0 Å². The van der Waals surface area contributed by atoms with E-state index in [-0.39, 0.29) is 12.0 Å². The summed E-state index contributed by atoms with van der Waals surface area (Å²) in [5, 5.41) is 0.816. The zero-order valence-corrected chi connectivity index (χ0v) is 11.4. The Bertz CT molecular complexity index is 259. The number of carbonyl (C=O) groups is 1. The van der Waals surface area contributed by atoms with E-state index in [1.54, 1.807) is 0 Å². The predicted molar refractivity (Wildman–Crippen MR) is 66.6 cm³/mol. The standard InChI is InChI=1S/C12H20BrNO2/c1-9-3-2-4-11(9)12(15)14-5-6-16-10(7-13)8-14/h9-11H,2-8H2,1H3. The minimum absolute atomic E-state index is 0.175. The largest absolute Gasteiger partial charge is 0.374 e. The molecule has 0 bridgehead atoms. The zero-order valence-electron chi connectivity index (χ0n) is 9.82. The van der Waals surface area contributed by atoms with Crippen LogP contribution >= 0.6 is 15.9 Å². The van der Waals surface area contributed by atoms with Gasteiger partial charge < -0.3 is 9.64 Å². The molecule has 1 saturated carbocycles. The number of alkyl halides is 1. The lowest BCUT2D eigenvalue weighted by atomic mass is 9.96. The minimum atomic E-state index is 0.175. The van der Waals surface area contributed by atoms with Crippen molar-refractivity contribution in [3.63, 3.8) is 0 Å². The summed E-state index contributed by atoms with van der Waals surface area (Å²) >= 11 is 3.42. The van der Waals surface area contributed by atoms with E-state index in [2.05, 4.69) is 22.9 Å². The van der Waals surface area contributed by atoms with Crippen molar-refractivity contribution in [2.45, 2.75) is 32.3 Å². The third-order valence-electron chi connectivity index (χ3n) is 3.80. The van der Waals surface area contributed by atoms with E-state index in [9.17, 15) is 4.79 Å². The lowest BCUT2D eigenvalue weighted by Gasteiger charge is -2.34. The molecule has 3 nitrogen and oxygen atoms in total. The Hall–Kier alpha value is -0.0900. The first-order valence-electron chi connectivity index (χ1n) is 6.18. The monoisotopic (exact) mass is 289 g/mol. The molecule has 1 amide bonds. The second kappa shape index (κ2) is 5.50. The molecule has 0 spiro atoms. The number of nitrogens with zero attached hydrogens (tertiary/aromatic N) is 1. The summed E-state index contributed by atoms with van der Waals surface area (Å²) in [6, 6.07) is 0. The summed E-state index contributed by atoms with van der Waals surface area (Å²) in [4.78, 5) is 14.3. The van der Waals surface area contributed by atoms with Gasteiger partial charge in [-0.1, -0.05) is 29.3 Å². The molecule has 4 heteroatoms. The number of halogens is 1. The summed E-state index contributed by atoms with van der Waals surface area (Å²) in [6.07, 6.45) is 3.68. The van der Waals surface area contributed by atoms with Crippen molar-refractivity contribution in [2.75, 3.05) is 25.0 Å². The molecule has 16 heavy (non-hydrogen) atoms. The van der Waals surface area contributed by atoms with Gasteiger partial charge in [-0.2, -0.15) is 0 Å². The number of morpholine rings is 1. The normalized spacial score (nSPS) is 35.4. The topological polar surface area (TPSA) is 29.5 Å². The Kier molecular flexibility index (Phi) is 4.25. The number of carbonyl (C=O) groups excluding carboxylic acids is 1. The molecule has 1 aliphatic heterocycles. The number of ether oxygens (including phenoxy) is 1. The molecule has 92 valence electrons. The Balaban J connectivity index is 1.93. The van der Waals surface area contributed by atoms with Crippen molar-refractivity contribution >= 4 is 21.8 Å². The summed E-state index contributed by atoms with van der Waals surface area (Å²) in [5.74, 6) is 1.20. The van der Waals surface area contributed by atoms with Crippen LogP contribution in [0, 0.1) is 11.8 Å². The molecule has 2 fully saturated rings. The van der Waals surface area contributed by atoms with Gasteiger partial charge >= 0.3 is 0 Å². The smallest absolute Gasteiger partial charge is 0.226 e. The molecule has 0 radical (unpaired) electrons. The highest BCUT2D eigenvalue weighted by Gasteiger charge is 2.34. The maximum atomic E-state index is 12.3. The fourth-order valence-corrected chi connectivity index (χ4v) is 3.15. The van der Waals surface area contributed by atoms with Crippen LogP contribution in [0.1, 0.15) is 26.2 Å². The van der Waals surface area contributed by atoms with Crippen LogP contribution in [0.2, 0.25) is 0 Å². The van der Waals surface area contributed by atoms with Gasteiger partial charge in [-0.15, -0.1) is 0 Å². The molecule has 1 saturated heterocycles. The van der Waals surface area contributed by atoms with Gasteiger partial charge in [0.25, 0.3) is 0 Å². The Morgan fingerprint density at radius 2 is 2.31 bits per heavy atom. The van der Waals surface area contributed by atoms with Crippen molar-refractivity contribution < 1.29 is 9.53 Å². The third-order valence-corrected chi connectivity index (χ3v) is 4.52. The maximum absolute atomic E-state index is 12.3. The first-order valence-corrected chi connectivity index (χ1v) is 7.31. The van der Waals surface area contributed by atoms with Crippen molar-refractivity contribution in [2.24, 2.45) is 11.8 Å². The van der Waals surface area contributed by atoms with Gasteiger partial charge in [0.05, 0.1) is 12.7 Å². The molecule has 3 atom stereocenters. The fraction of sp³-hybridized carbons (Fsp3) is 0.917. The Morgan fingerprint density at radius 1 is 1.50 bits per heavy atom. The molecule has 2 aliphatic rings.